The minimum absolute atomic E-state index is 0.0101. The molecule has 0 aliphatic carbocycles. The second kappa shape index (κ2) is 6.50. The Morgan fingerprint density at radius 2 is 1.94 bits per heavy atom. The molecule has 0 aromatic rings. The largest absolute Gasteiger partial charge is 0.391 e. The zero-order chi connectivity index (χ0) is 13.8. The maximum Gasteiger partial charge on any atom is 0.240 e. The molecule has 0 bridgehead atoms. The fourth-order valence-electron chi connectivity index (χ4n) is 2.02. The molecule has 0 aromatic carbocycles. The lowest BCUT2D eigenvalue weighted by Gasteiger charge is -2.40. The third-order valence-electron chi connectivity index (χ3n) is 3.70. The van der Waals surface area contributed by atoms with E-state index in [2.05, 4.69) is 15.5 Å². The molecule has 1 aliphatic heterocycles. The van der Waals surface area contributed by atoms with Gasteiger partial charge in [0.2, 0.25) is 5.91 Å². The van der Waals surface area contributed by atoms with Crippen molar-refractivity contribution in [2.24, 2.45) is 5.92 Å². The van der Waals surface area contributed by atoms with Gasteiger partial charge in [-0.2, -0.15) is 0 Å². The molecule has 106 valence electrons. The van der Waals surface area contributed by atoms with Gasteiger partial charge in [0.25, 0.3) is 0 Å². The molecule has 5 nitrogen and oxygen atoms in total. The Hall–Kier alpha value is -0.650. The molecule has 1 amide bonds. The van der Waals surface area contributed by atoms with Crippen LogP contribution in [0.1, 0.15) is 27.7 Å². The second-order valence-corrected chi connectivity index (χ2v) is 5.82. The summed E-state index contributed by atoms with van der Waals surface area (Å²) in [5.41, 5.74) is -0.515. The lowest BCUT2D eigenvalue weighted by Crippen LogP contribution is -2.60. The number of carbonyl (C=O) groups is 1. The van der Waals surface area contributed by atoms with Crippen molar-refractivity contribution in [1.82, 2.24) is 15.5 Å². The molecule has 3 N–H and O–H groups in total. The van der Waals surface area contributed by atoms with E-state index in [4.69, 9.17) is 0 Å². The molecule has 1 atom stereocenters. The Kier molecular flexibility index (Phi) is 5.56. The van der Waals surface area contributed by atoms with E-state index in [-0.39, 0.29) is 11.8 Å². The van der Waals surface area contributed by atoms with Crippen molar-refractivity contribution in [3.8, 4) is 0 Å². The van der Waals surface area contributed by atoms with E-state index in [0.717, 1.165) is 26.2 Å². The summed E-state index contributed by atoms with van der Waals surface area (Å²) in [7, 11) is 0. The summed E-state index contributed by atoms with van der Waals surface area (Å²) in [5.74, 6) is 0.150. The van der Waals surface area contributed by atoms with Crippen molar-refractivity contribution < 1.29 is 9.90 Å². The summed E-state index contributed by atoms with van der Waals surface area (Å²) in [6.07, 6.45) is -0.479. The van der Waals surface area contributed by atoms with Crippen molar-refractivity contribution in [3.05, 3.63) is 0 Å². The van der Waals surface area contributed by atoms with E-state index >= 15 is 0 Å². The molecule has 0 radical (unpaired) electrons. The van der Waals surface area contributed by atoms with Crippen molar-refractivity contribution in [2.45, 2.75) is 39.3 Å². The van der Waals surface area contributed by atoms with E-state index in [9.17, 15) is 9.90 Å². The van der Waals surface area contributed by atoms with Crippen LogP contribution in [0.2, 0.25) is 0 Å². The van der Waals surface area contributed by atoms with Crippen molar-refractivity contribution in [1.29, 1.82) is 0 Å². The Balaban J connectivity index is 2.48. The van der Waals surface area contributed by atoms with Crippen LogP contribution < -0.4 is 10.6 Å². The molecular formula is C13H27N3O2. The van der Waals surface area contributed by atoms with Crippen molar-refractivity contribution in [2.75, 3.05) is 32.7 Å². The summed E-state index contributed by atoms with van der Waals surface area (Å²) in [6, 6.07) is 0. The van der Waals surface area contributed by atoms with E-state index in [1.165, 1.54) is 0 Å². The molecule has 18 heavy (non-hydrogen) atoms. The van der Waals surface area contributed by atoms with E-state index in [1.54, 1.807) is 0 Å². The minimum Gasteiger partial charge on any atom is -0.391 e. The van der Waals surface area contributed by atoms with Gasteiger partial charge in [0.1, 0.15) is 0 Å². The number of aliphatic hydroxyl groups excluding tert-OH is 1. The summed E-state index contributed by atoms with van der Waals surface area (Å²) in [4.78, 5) is 14.4. The lowest BCUT2D eigenvalue weighted by atomic mass is 10.00. The average Bonchev–Trinajstić information content (AvgIpc) is 2.36. The normalized spacial score (nSPS) is 19.9. The number of rotatable bonds is 5. The monoisotopic (exact) mass is 257 g/mol. The van der Waals surface area contributed by atoms with Crippen LogP contribution in [0.4, 0.5) is 0 Å². The van der Waals surface area contributed by atoms with Gasteiger partial charge in [-0.15, -0.1) is 0 Å². The fourth-order valence-corrected chi connectivity index (χ4v) is 2.02. The van der Waals surface area contributed by atoms with Crippen LogP contribution in [0, 0.1) is 5.92 Å². The molecule has 1 heterocycles. The topological polar surface area (TPSA) is 64.6 Å². The average molecular weight is 257 g/mol. The lowest BCUT2D eigenvalue weighted by molar-refractivity contribution is -0.132. The summed E-state index contributed by atoms with van der Waals surface area (Å²) in [5, 5.41) is 15.8. The maximum absolute atomic E-state index is 12.2. The zero-order valence-electron chi connectivity index (χ0n) is 12.0. The van der Waals surface area contributed by atoms with Crippen LogP contribution in [0.15, 0.2) is 0 Å². The van der Waals surface area contributed by atoms with Crippen LogP contribution in [-0.4, -0.2) is 60.3 Å². The van der Waals surface area contributed by atoms with Gasteiger partial charge in [0.05, 0.1) is 11.6 Å². The second-order valence-electron chi connectivity index (χ2n) is 5.82. The van der Waals surface area contributed by atoms with Gasteiger partial charge >= 0.3 is 0 Å². The van der Waals surface area contributed by atoms with Gasteiger partial charge in [0.15, 0.2) is 0 Å². The molecular weight excluding hydrogens is 230 g/mol. The minimum atomic E-state index is -0.515. The molecule has 1 saturated heterocycles. The molecule has 0 spiro atoms. The smallest absolute Gasteiger partial charge is 0.240 e. The molecule has 1 aliphatic rings. The van der Waals surface area contributed by atoms with Crippen molar-refractivity contribution >= 4 is 5.91 Å². The number of amides is 1. The van der Waals surface area contributed by atoms with Gasteiger partial charge < -0.3 is 15.7 Å². The number of piperazine rings is 1. The molecule has 0 saturated carbocycles. The predicted octanol–water partition coefficient (Wildman–Crippen LogP) is -0.197. The first-order valence-electron chi connectivity index (χ1n) is 6.78. The van der Waals surface area contributed by atoms with Crippen LogP contribution in [0.5, 0.6) is 0 Å². The first kappa shape index (κ1) is 15.4. The highest BCUT2D eigenvalue weighted by molar-refractivity contribution is 5.85. The van der Waals surface area contributed by atoms with Crippen LogP contribution in [0.25, 0.3) is 0 Å². The molecule has 1 fully saturated rings. The van der Waals surface area contributed by atoms with Crippen molar-refractivity contribution in [3.63, 3.8) is 0 Å². The van der Waals surface area contributed by atoms with Crippen LogP contribution in [0.3, 0.4) is 0 Å². The van der Waals surface area contributed by atoms with Gasteiger partial charge in [-0.05, 0) is 19.8 Å². The van der Waals surface area contributed by atoms with E-state index < -0.39 is 11.6 Å². The Bertz CT molecular complexity index is 273. The van der Waals surface area contributed by atoms with Gasteiger partial charge in [-0.1, -0.05) is 13.8 Å². The third kappa shape index (κ3) is 3.93. The maximum atomic E-state index is 12.2. The standard InChI is InChI=1S/C13H27N3O2/c1-10(2)11(17)9-15-12(18)13(3,4)16-7-5-14-6-8-16/h10-11,14,17H,5-9H2,1-4H3,(H,15,18). The molecule has 0 aromatic heterocycles. The summed E-state index contributed by atoms with van der Waals surface area (Å²) >= 11 is 0. The highest BCUT2D eigenvalue weighted by Gasteiger charge is 2.35. The summed E-state index contributed by atoms with van der Waals surface area (Å²) in [6.45, 7) is 11.7. The van der Waals surface area contributed by atoms with Crippen LogP contribution in [-0.2, 0) is 4.79 Å². The first-order valence-corrected chi connectivity index (χ1v) is 6.78. The van der Waals surface area contributed by atoms with E-state index in [1.807, 2.05) is 27.7 Å². The quantitative estimate of drug-likeness (QED) is 0.638. The molecule has 1 rings (SSSR count). The summed E-state index contributed by atoms with van der Waals surface area (Å²) < 4.78 is 0. The zero-order valence-corrected chi connectivity index (χ0v) is 12.0. The number of hydrogen-bond acceptors (Lipinski definition) is 4. The number of nitrogens with zero attached hydrogens (tertiary/aromatic N) is 1. The van der Waals surface area contributed by atoms with Gasteiger partial charge in [0, 0.05) is 32.7 Å². The Labute approximate surface area is 110 Å². The number of aliphatic hydroxyl groups is 1. The van der Waals surface area contributed by atoms with E-state index in [0.29, 0.717) is 6.54 Å². The number of hydrogen-bond donors (Lipinski definition) is 3. The Morgan fingerprint density at radius 3 is 2.44 bits per heavy atom. The third-order valence-corrected chi connectivity index (χ3v) is 3.70. The van der Waals surface area contributed by atoms with Gasteiger partial charge in [-0.3, -0.25) is 9.69 Å². The Morgan fingerprint density at radius 1 is 1.39 bits per heavy atom. The number of nitrogens with one attached hydrogen (secondary N) is 2. The highest BCUT2D eigenvalue weighted by atomic mass is 16.3. The van der Waals surface area contributed by atoms with Crippen LogP contribution >= 0.6 is 0 Å². The SMILES string of the molecule is CC(C)C(O)CNC(=O)C(C)(C)N1CCNCC1. The molecule has 1 unspecified atom stereocenters. The first-order chi connectivity index (χ1) is 8.35. The highest BCUT2D eigenvalue weighted by Crippen LogP contribution is 2.15. The predicted molar refractivity (Wildman–Crippen MR) is 72.4 cm³/mol. The van der Waals surface area contributed by atoms with Gasteiger partial charge in [-0.25, -0.2) is 0 Å². The number of carbonyl (C=O) groups excluding carboxylic acids is 1. The fraction of sp³-hybridized carbons (Fsp3) is 0.923. The molecule has 5 heteroatoms.